The molecular weight excluding hydrogens is 371 g/mol. The summed E-state index contributed by atoms with van der Waals surface area (Å²) in [6.07, 6.45) is 1.08. The summed E-state index contributed by atoms with van der Waals surface area (Å²) in [5.74, 6) is 0.199. The molecule has 1 aliphatic rings. The van der Waals surface area contributed by atoms with Crippen molar-refractivity contribution in [2.75, 3.05) is 32.1 Å². The zero-order valence-corrected chi connectivity index (χ0v) is 16.2. The normalized spacial score (nSPS) is 18.3. The van der Waals surface area contributed by atoms with Gasteiger partial charge in [-0.15, -0.1) is 10.2 Å². The third kappa shape index (κ3) is 4.92. The number of aromatic nitrogens is 2. The largest absolute Gasteiger partial charge is 0.472 e. The van der Waals surface area contributed by atoms with Gasteiger partial charge in [0, 0.05) is 32.3 Å². The Bertz CT molecular complexity index is 874. The Hall–Kier alpha value is -2.26. The van der Waals surface area contributed by atoms with Gasteiger partial charge in [0.2, 0.25) is 15.9 Å². The van der Waals surface area contributed by atoms with Gasteiger partial charge in [-0.3, -0.25) is 0 Å². The van der Waals surface area contributed by atoms with Gasteiger partial charge in [0.25, 0.3) is 0 Å². The van der Waals surface area contributed by atoms with Crippen LogP contribution < -0.4 is 9.64 Å². The first-order chi connectivity index (χ1) is 12.8. The van der Waals surface area contributed by atoms with E-state index >= 15 is 0 Å². The van der Waals surface area contributed by atoms with E-state index in [4.69, 9.17) is 4.74 Å². The molecule has 2 aromatic rings. The molecule has 1 saturated heterocycles. The molecule has 1 atom stereocenters. The van der Waals surface area contributed by atoms with Crippen molar-refractivity contribution >= 4 is 15.8 Å². The number of halogens is 1. The molecule has 0 N–H and O–H groups in total. The Morgan fingerprint density at radius 3 is 2.67 bits per heavy atom. The van der Waals surface area contributed by atoms with Crippen molar-refractivity contribution in [3.05, 3.63) is 47.8 Å². The maximum atomic E-state index is 13.8. The van der Waals surface area contributed by atoms with Crippen LogP contribution in [0.3, 0.4) is 0 Å². The number of ether oxygens (including phenoxy) is 1. The Morgan fingerprint density at radius 2 is 2.00 bits per heavy atom. The van der Waals surface area contributed by atoms with Crippen molar-refractivity contribution in [3.8, 4) is 5.88 Å². The molecule has 0 amide bonds. The molecule has 7 nitrogen and oxygen atoms in total. The summed E-state index contributed by atoms with van der Waals surface area (Å²) in [4.78, 5) is 1.83. The van der Waals surface area contributed by atoms with Crippen LogP contribution in [0.4, 0.5) is 10.2 Å². The van der Waals surface area contributed by atoms with Crippen LogP contribution in [0.5, 0.6) is 5.88 Å². The third-order valence-corrected chi connectivity index (χ3v) is 6.20. The summed E-state index contributed by atoms with van der Waals surface area (Å²) in [5.41, 5.74) is 0.172. The zero-order chi connectivity index (χ0) is 19.4. The van der Waals surface area contributed by atoms with Crippen molar-refractivity contribution < 1.29 is 17.5 Å². The fourth-order valence-corrected chi connectivity index (χ4v) is 4.55. The molecule has 1 fully saturated rings. The number of rotatable bonds is 6. The van der Waals surface area contributed by atoms with Gasteiger partial charge in [0.05, 0.1) is 12.3 Å². The van der Waals surface area contributed by atoms with Crippen LogP contribution in [0.25, 0.3) is 0 Å². The smallest absolute Gasteiger partial charge is 0.233 e. The van der Waals surface area contributed by atoms with Crippen molar-refractivity contribution in [2.24, 2.45) is 0 Å². The number of sulfonamides is 1. The molecule has 1 aliphatic heterocycles. The van der Waals surface area contributed by atoms with E-state index in [1.165, 1.54) is 16.4 Å². The van der Waals surface area contributed by atoms with Crippen LogP contribution in [-0.4, -0.2) is 56.2 Å². The Kier molecular flexibility index (Phi) is 5.91. The highest BCUT2D eigenvalue weighted by Gasteiger charge is 2.30. The second-order valence-electron chi connectivity index (χ2n) is 6.71. The SMILES string of the molecule is CN(C)c1ccc(OC2CCCN(S(=O)(=O)Cc3ccccc3F)C2)nn1. The predicted molar refractivity (Wildman–Crippen MR) is 101 cm³/mol. The minimum Gasteiger partial charge on any atom is -0.472 e. The molecule has 0 radical (unpaired) electrons. The van der Waals surface area contributed by atoms with Crippen LogP contribution in [0.2, 0.25) is 0 Å². The van der Waals surface area contributed by atoms with E-state index in [0.29, 0.717) is 24.7 Å². The zero-order valence-electron chi connectivity index (χ0n) is 15.4. The highest BCUT2D eigenvalue weighted by molar-refractivity contribution is 7.88. The fraction of sp³-hybridized carbons (Fsp3) is 0.444. The number of benzene rings is 1. The average molecular weight is 394 g/mol. The van der Waals surface area contributed by atoms with Crippen LogP contribution in [-0.2, 0) is 15.8 Å². The second kappa shape index (κ2) is 8.18. The van der Waals surface area contributed by atoms with Crippen LogP contribution in [0, 0.1) is 5.82 Å². The molecule has 1 unspecified atom stereocenters. The first-order valence-electron chi connectivity index (χ1n) is 8.74. The minimum atomic E-state index is -3.63. The van der Waals surface area contributed by atoms with Crippen molar-refractivity contribution in [3.63, 3.8) is 0 Å². The van der Waals surface area contributed by atoms with Crippen LogP contribution in [0.1, 0.15) is 18.4 Å². The van der Waals surface area contributed by atoms with Crippen molar-refractivity contribution in [2.45, 2.75) is 24.7 Å². The number of piperidine rings is 1. The summed E-state index contributed by atoms with van der Waals surface area (Å²) < 4.78 is 46.4. The van der Waals surface area contributed by atoms with Crippen LogP contribution in [0.15, 0.2) is 36.4 Å². The van der Waals surface area contributed by atoms with E-state index < -0.39 is 15.8 Å². The molecule has 146 valence electrons. The molecule has 27 heavy (non-hydrogen) atoms. The number of nitrogens with zero attached hydrogens (tertiary/aromatic N) is 4. The van der Waals surface area contributed by atoms with E-state index in [1.54, 1.807) is 24.3 Å². The molecule has 0 aliphatic carbocycles. The third-order valence-electron chi connectivity index (χ3n) is 4.40. The first-order valence-corrected chi connectivity index (χ1v) is 10.3. The Labute approximate surface area is 158 Å². The van der Waals surface area contributed by atoms with Crippen molar-refractivity contribution in [1.82, 2.24) is 14.5 Å². The first kappa shape index (κ1) is 19.5. The fourth-order valence-electron chi connectivity index (χ4n) is 2.94. The van der Waals surface area contributed by atoms with Gasteiger partial charge in [-0.05, 0) is 25.0 Å². The number of hydrogen-bond acceptors (Lipinski definition) is 6. The van der Waals surface area contributed by atoms with E-state index in [2.05, 4.69) is 10.2 Å². The molecule has 0 saturated carbocycles. The maximum absolute atomic E-state index is 13.8. The second-order valence-corrected chi connectivity index (χ2v) is 8.68. The van der Waals surface area contributed by atoms with Gasteiger partial charge in [-0.25, -0.2) is 12.8 Å². The molecule has 0 spiro atoms. The topological polar surface area (TPSA) is 75.6 Å². The lowest BCUT2D eigenvalue weighted by molar-refractivity contribution is 0.123. The van der Waals surface area contributed by atoms with Crippen LogP contribution >= 0.6 is 0 Å². The van der Waals surface area contributed by atoms with Gasteiger partial charge in [-0.1, -0.05) is 18.2 Å². The van der Waals surface area contributed by atoms with Gasteiger partial charge in [0.1, 0.15) is 11.9 Å². The monoisotopic (exact) mass is 394 g/mol. The number of hydrogen-bond donors (Lipinski definition) is 0. The molecule has 1 aromatic carbocycles. The lowest BCUT2D eigenvalue weighted by Crippen LogP contribution is -2.44. The highest BCUT2D eigenvalue weighted by Crippen LogP contribution is 2.22. The molecule has 2 heterocycles. The number of anilines is 1. The standard InChI is InChI=1S/C18H23FN4O3S/c1-22(2)17-9-10-18(21-20-17)26-15-7-5-11-23(12-15)27(24,25)13-14-6-3-4-8-16(14)19/h3-4,6,8-10,15H,5,7,11-13H2,1-2H3. The molecule has 3 rings (SSSR count). The highest BCUT2D eigenvalue weighted by atomic mass is 32.2. The molecule has 9 heteroatoms. The Morgan fingerprint density at radius 1 is 1.22 bits per heavy atom. The lowest BCUT2D eigenvalue weighted by Gasteiger charge is -2.31. The van der Waals surface area contributed by atoms with Gasteiger partial charge >= 0.3 is 0 Å². The summed E-state index contributed by atoms with van der Waals surface area (Å²) in [6.45, 7) is 0.621. The van der Waals surface area contributed by atoms with Crippen molar-refractivity contribution in [1.29, 1.82) is 0 Å². The summed E-state index contributed by atoms with van der Waals surface area (Å²) in [6, 6.07) is 9.44. The predicted octanol–water partition coefficient (Wildman–Crippen LogP) is 2.05. The maximum Gasteiger partial charge on any atom is 0.233 e. The lowest BCUT2D eigenvalue weighted by atomic mass is 10.1. The molecule has 0 bridgehead atoms. The van der Waals surface area contributed by atoms with E-state index in [1.807, 2.05) is 19.0 Å². The summed E-state index contributed by atoms with van der Waals surface area (Å²) in [7, 11) is 0.0987. The van der Waals surface area contributed by atoms with E-state index in [-0.39, 0.29) is 24.0 Å². The minimum absolute atomic E-state index is 0.172. The van der Waals surface area contributed by atoms with Gasteiger partial charge in [-0.2, -0.15) is 4.31 Å². The average Bonchev–Trinajstić information content (AvgIpc) is 2.64. The van der Waals surface area contributed by atoms with Gasteiger partial charge < -0.3 is 9.64 Å². The van der Waals surface area contributed by atoms with Gasteiger partial charge in [0.15, 0.2) is 5.82 Å². The summed E-state index contributed by atoms with van der Waals surface area (Å²) >= 11 is 0. The summed E-state index contributed by atoms with van der Waals surface area (Å²) in [5, 5.41) is 8.08. The quantitative estimate of drug-likeness (QED) is 0.747. The molecular formula is C18H23FN4O3S. The molecule has 1 aromatic heterocycles. The van der Waals surface area contributed by atoms with E-state index in [0.717, 1.165) is 6.42 Å². The Balaban J connectivity index is 1.65. The van der Waals surface area contributed by atoms with E-state index in [9.17, 15) is 12.8 Å².